The monoisotopic (exact) mass is 279 g/mol. The van der Waals surface area contributed by atoms with Crippen LogP contribution in [-0.2, 0) is 0 Å². The molecule has 20 heavy (non-hydrogen) atoms. The van der Waals surface area contributed by atoms with Crippen molar-refractivity contribution >= 4 is 28.2 Å². The molecular weight excluding hydrogens is 266 g/mol. The van der Waals surface area contributed by atoms with Gasteiger partial charge in [0.15, 0.2) is 0 Å². The van der Waals surface area contributed by atoms with Crippen LogP contribution < -0.4 is 5.32 Å². The smallest absolute Gasteiger partial charge is 0.122 e. The molecule has 1 aliphatic rings. The molecule has 1 unspecified atom stereocenters. The number of anilines is 1. The molecule has 0 saturated carbocycles. The number of thioether (sulfide) groups is 1. The Kier molecular flexibility index (Phi) is 2.60. The maximum absolute atomic E-state index is 10.3. The van der Waals surface area contributed by atoms with E-state index in [-0.39, 0.29) is 5.37 Å². The van der Waals surface area contributed by atoms with Crippen LogP contribution in [0.5, 0.6) is 5.75 Å². The van der Waals surface area contributed by atoms with Crippen molar-refractivity contribution in [1.82, 2.24) is 0 Å². The molecule has 3 aromatic carbocycles. The number of rotatable bonds is 1. The molecule has 0 fully saturated rings. The Morgan fingerprint density at radius 2 is 1.70 bits per heavy atom. The Labute approximate surface area is 121 Å². The number of phenols is 1. The fraction of sp³-hybridized carbons (Fsp3) is 0.0588. The van der Waals surface area contributed by atoms with Gasteiger partial charge in [0.1, 0.15) is 11.1 Å². The summed E-state index contributed by atoms with van der Waals surface area (Å²) in [5.74, 6) is 0.349. The number of phenolic OH excluding ortho intramolecular Hbond substituents is 1. The molecule has 0 spiro atoms. The first-order chi connectivity index (χ1) is 9.83. The van der Waals surface area contributed by atoms with Gasteiger partial charge in [0.05, 0.1) is 0 Å². The second-order valence-corrected chi connectivity index (χ2v) is 6.00. The summed E-state index contributed by atoms with van der Waals surface area (Å²) in [7, 11) is 0. The summed E-state index contributed by atoms with van der Waals surface area (Å²) in [6, 6.07) is 20.2. The molecule has 0 saturated heterocycles. The fourth-order valence-corrected chi connectivity index (χ4v) is 3.89. The van der Waals surface area contributed by atoms with Gasteiger partial charge in [0.2, 0.25) is 0 Å². The van der Waals surface area contributed by atoms with Crippen molar-refractivity contribution in [1.29, 1.82) is 0 Å². The number of hydrogen-bond donors (Lipinski definition) is 2. The van der Waals surface area contributed by atoms with Gasteiger partial charge in [-0.1, -0.05) is 54.2 Å². The Morgan fingerprint density at radius 1 is 0.900 bits per heavy atom. The minimum atomic E-state index is 0.0542. The van der Waals surface area contributed by atoms with Crippen molar-refractivity contribution in [2.75, 3.05) is 5.32 Å². The van der Waals surface area contributed by atoms with Crippen molar-refractivity contribution in [3.63, 3.8) is 0 Å². The lowest BCUT2D eigenvalue weighted by Crippen LogP contribution is -2.02. The van der Waals surface area contributed by atoms with Crippen LogP contribution in [0.4, 0.5) is 5.69 Å². The van der Waals surface area contributed by atoms with E-state index in [9.17, 15) is 5.11 Å². The molecule has 0 amide bonds. The quantitative estimate of drug-likeness (QED) is 0.673. The number of aromatic hydroxyl groups is 1. The molecule has 1 aliphatic heterocycles. The second-order valence-electron chi connectivity index (χ2n) is 4.86. The SMILES string of the molecule is Oc1ccc2ccccc2c1C1Nc2ccccc2S1. The van der Waals surface area contributed by atoms with Gasteiger partial charge in [-0.15, -0.1) is 0 Å². The van der Waals surface area contributed by atoms with Gasteiger partial charge in [-0.25, -0.2) is 0 Å². The number of benzene rings is 3. The minimum absolute atomic E-state index is 0.0542. The average molecular weight is 279 g/mol. The standard InChI is InChI=1S/C17H13NOS/c19-14-10-9-11-5-1-2-6-12(11)16(14)17-18-13-7-3-4-8-15(13)20-17/h1-10,17-19H. The zero-order valence-electron chi connectivity index (χ0n) is 10.7. The number of hydrogen-bond acceptors (Lipinski definition) is 3. The van der Waals surface area contributed by atoms with E-state index in [1.807, 2.05) is 30.3 Å². The van der Waals surface area contributed by atoms with Crippen LogP contribution in [0.3, 0.4) is 0 Å². The van der Waals surface area contributed by atoms with Crippen molar-refractivity contribution in [3.8, 4) is 5.75 Å². The molecule has 3 aromatic rings. The van der Waals surface area contributed by atoms with Gasteiger partial charge >= 0.3 is 0 Å². The van der Waals surface area contributed by atoms with Crippen LogP contribution in [0, 0.1) is 0 Å². The predicted octanol–water partition coefficient (Wildman–Crippen LogP) is 4.76. The molecule has 1 atom stereocenters. The first-order valence-electron chi connectivity index (χ1n) is 6.56. The van der Waals surface area contributed by atoms with Crippen LogP contribution in [-0.4, -0.2) is 5.11 Å². The topological polar surface area (TPSA) is 32.3 Å². The van der Waals surface area contributed by atoms with Gasteiger partial charge in [-0.2, -0.15) is 0 Å². The third-order valence-corrected chi connectivity index (χ3v) is 4.83. The van der Waals surface area contributed by atoms with E-state index in [0.29, 0.717) is 5.75 Å². The van der Waals surface area contributed by atoms with E-state index in [1.165, 1.54) is 4.90 Å². The third kappa shape index (κ3) is 1.74. The van der Waals surface area contributed by atoms with Crippen molar-refractivity contribution in [2.45, 2.75) is 10.3 Å². The van der Waals surface area contributed by atoms with Crippen molar-refractivity contribution in [3.05, 3.63) is 66.2 Å². The highest BCUT2D eigenvalue weighted by Crippen LogP contribution is 2.49. The Balaban J connectivity index is 1.86. The highest BCUT2D eigenvalue weighted by molar-refractivity contribution is 8.00. The molecular formula is C17H13NOS. The summed E-state index contributed by atoms with van der Waals surface area (Å²) < 4.78 is 0. The largest absolute Gasteiger partial charge is 0.508 e. The molecule has 3 heteroatoms. The van der Waals surface area contributed by atoms with E-state index in [4.69, 9.17) is 0 Å². The van der Waals surface area contributed by atoms with Gasteiger partial charge in [0.25, 0.3) is 0 Å². The number of para-hydroxylation sites is 1. The zero-order chi connectivity index (χ0) is 13.5. The second kappa shape index (κ2) is 4.46. The molecule has 0 aliphatic carbocycles. The van der Waals surface area contributed by atoms with Crippen molar-refractivity contribution in [2.24, 2.45) is 0 Å². The Hall–Kier alpha value is -2.13. The highest BCUT2D eigenvalue weighted by Gasteiger charge is 2.26. The Bertz CT molecular complexity index is 775. The van der Waals surface area contributed by atoms with E-state index in [1.54, 1.807) is 17.8 Å². The predicted molar refractivity (Wildman–Crippen MR) is 84.3 cm³/mol. The summed E-state index contributed by atoms with van der Waals surface area (Å²) in [5, 5.41) is 16.1. The lowest BCUT2D eigenvalue weighted by atomic mass is 10.0. The molecule has 0 aromatic heterocycles. The normalized spacial score (nSPS) is 16.9. The van der Waals surface area contributed by atoms with Crippen LogP contribution in [0.25, 0.3) is 10.8 Å². The molecule has 98 valence electrons. The lowest BCUT2D eigenvalue weighted by molar-refractivity contribution is 0.470. The molecule has 4 rings (SSSR count). The van der Waals surface area contributed by atoms with E-state index in [2.05, 4.69) is 29.6 Å². The van der Waals surface area contributed by atoms with E-state index in [0.717, 1.165) is 22.0 Å². The van der Waals surface area contributed by atoms with Crippen LogP contribution >= 0.6 is 11.8 Å². The first kappa shape index (κ1) is 11.7. The number of fused-ring (bicyclic) bond motifs is 2. The van der Waals surface area contributed by atoms with Gasteiger partial charge < -0.3 is 10.4 Å². The first-order valence-corrected chi connectivity index (χ1v) is 7.44. The van der Waals surface area contributed by atoms with Crippen LogP contribution in [0.2, 0.25) is 0 Å². The minimum Gasteiger partial charge on any atom is -0.508 e. The summed E-state index contributed by atoms with van der Waals surface area (Å²) in [6.45, 7) is 0. The molecule has 0 bridgehead atoms. The average Bonchev–Trinajstić information content (AvgIpc) is 2.90. The van der Waals surface area contributed by atoms with Crippen LogP contribution in [0.15, 0.2) is 65.6 Å². The third-order valence-electron chi connectivity index (χ3n) is 3.63. The lowest BCUT2D eigenvalue weighted by Gasteiger charge is -2.15. The van der Waals surface area contributed by atoms with Gasteiger partial charge in [-0.05, 0) is 29.0 Å². The zero-order valence-corrected chi connectivity index (χ0v) is 11.5. The van der Waals surface area contributed by atoms with Gasteiger partial charge in [0, 0.05) is 16.1 Å². The van der Waals surface area contributed by atoms with Gasteiger partial charge in [-0.3, -0.25) is 0 Å². The highest BCUT2D eigenvalue weighted by atomic mass is 32.2. The molecule has 1 heterocycles. The molecule has 2 N–H and O–H groups in total. The molecule has 2 nitrogen and oxygen atoms in total. The summed E-state index contributed by atoms with van der Waals surface area (Å²) in [4.78, 5) is 1.23. The van der Waals surface area contributed by atoms with Crippen molar-refractivity contribution < 1.29 is 5.11 Å². The molecule has 0 radical (unpaired) electrons. The summed E-state index contributed by atoms with van der Waals surface area (Å²) in [5.41, 5.74) is 2.10. The fourth-order valence-electron chi connectivity index (χ4n) is 2.68. The Morgan fingerprint density at radius 3 is 2.60 bits per heavy atom. The summed E-state index contributed by atoms with van der Waals surface area (Å²) >= 11 is 1.75. The summed E-state index contributed by atoms with van der Waals surface area (Å²) in [6.07, 6.45) is 0. The number of nitrogens with one attached hydrogen (secondary N) is 1. The van der Waals surface area contributed by atoms with E-state index >= 15 is 0 Å². The van der Waals surface area contributed by atoms with E-state index < -0.39 is 0 Å². The van der Waals surface area contributed by atoms with Crippen LogP contribution in [0.1, 0.15) is 10.9 Å². The maximum Gasteiger partial charge on any atom is 0.122 e. The maximum atomic E-state index is 10.3.